The van der Waals surface area contributed by atoms with Crippen LogP contribution in [0.4, 0.5) is 0 Å². The van der Waals surface area contributed by atoms with Crippen molar-refractivity contribution in [3.8, 4) is 0 Å². The summed E-state index contributed by atoms with van der Waals surface area (Å²) in [5.74, 6) is 0. The lowest BCUT2D eigenvalue weighted by molar-refractivity contribution is -0.0744. The quantitative estimate of drug-likeness (QED) is 0.496. The second kappa shape index (κ2) is 12.9. The van der Waals surface area contributed by atoms with Crippen LogP contribution in [0.5, 0.6) is 0 Å². The van der Waals surface area contributed by atoms with Crippen molar-refractivity contribution < 1.29 is 38.0 Å². The molecule has 2 N–H and O–H groups in total. The van der Waals surface area contributed by atoms with Crippen molar-refractivity contribution in [2.75, 3.05) is 13.2 Å². The third kappa shape index (κ3) is 13.9. The van der Waals surface area contributed by atoms with E-state index in [0.29, 0.717) is 0 Å². The SMILES string of the molecule is CB(O)O.CB1OC(C)(C)C(C)(C)O1.CB1OC(C)(C)CC(C)(C)O1.CB1OCC(C)(C)CO1. The Balaban J connectivity index is 0.000000447. The minimum Gasteiger partial charge on any atom is -0.427 e. The molecule has 0 aromatic heterocycles. The highest BCUT2D eigenvalue weighted by atomic mass is 16.7. The predicted octanol–water partition coefficient (Wildman–Crippen LogP) is 4.07. The third-order valence-electron chi connectivity index (χ3n) is 5.61. The smallest absolute Gasteiger partial charge is 0.427 e. The first-order chi connectivity index (χ1) is 15.0. The summed E-state index contributed by atoms with van der Waals surface area (Å²) >= 11 is 0. The molecule has 0 aromatic carbocycles. The van der Waals surface area contributed by atoms with Crippen LogP contribution >= 0.6 is 0 Å². The van der Waals surface area contributed by atoms with E-state index in [4.69, 9.17) is 38.0 Å². The molecule has 3 heterocycles. The van der Waals surface area contributed by atoms with Gasteiger partial charge in [-0.1, -0.05) is 13.8 Å². The zero-order valence-corrected chi connectivity index (χ0v) is 24.3. The molecule has 3 rings (SSSR count). The van der Waals surface area contributed by atoms with Gasteiger partial charge in [0.2, 0.25) is 0 Å². The summed E-state index contributed by atoms with van der Waals surface area (Å²) in [5.41, 5.74) is -0.187. The van der Waals surface area contributed by atoms with Crippen LogP contribution in [0.15, 0.2) is 0 Å². The Hall–Kier alpha value is -0.0603. The molecule has 198 valence electrons. The van der Waals surface area contributed by atoms with E-state index in [1.165, 1.54) is 6.82 Å². The zero-order valence-electron chi connectivity index (χ0n) is 24.3. The zero-order chi connectivity index (χ0) is 27.2. The van der Waals surface area contributed by atoms with Gasteiger partial charge >= 0.3 is 28.5 Å². The van der Waals surface area contributed by atoms with E-state index in [2.05, 4.69) is 69.2 Å². The van der Waals surface area contributed by atoms with E-state index in [1.807, 2.05) is 20.5 Å². The van der Waals surface area contributed by atoms with Crippen molar-refractivity contribution in [3.63, 3.8) is 0 Å². The maximum atomic E-state index is 7.61. The lowest BCUT2D eigenvalue weighted by Crippen LogP contribution is -2.50. The van der Waals surface area contributed by atoms with Crippen LogP contribution in [0.3, 0.4) is 0 Å². The van der Waals surface area contributed by atoms with Crippen LogP contribution in [0.2, 0.25) is 27.3 Å². The Bertz CT molecular complexity index is 555. The van der Waals surface area contributed by atoms with Crippen molar-refractivity contribution in [1.82, 2.24) is 0 Å². The molecular formula is C22H50B4O8. The number of hydrogen-bond acceptors (Lipinski definition) is 8. The molecule has 0 amide bonds. The van der Waals surface area contributed by atoms with E-state index in [0.717, 1.165) is 19.6 Å². The molecule has 3 aliphatic heterocycles. The van der Waals surface area contributed by atoms with Gasteiger partial charge in [-0.15, -0.1) is 0 Å². The van der Waals surface area contributed by atoms with Crippen molar-refractivity contribution in [2.24, 2.45) is 5.41 Å². The molecule has 0 aliphatic carbocycles. The maximum absolute atomic E-state index is 7.61. The average molecular weight is 486 g/mol. The van der Waals surface area contributed by atoms with Crippen LogP contribution in [-0.2, 0) is 27.9 Å². The molecule has 0 unspecified atom stereocenters. The Labute approximate surface area is 210 Å². The lowest BCUT2D eigenvalue weighted by Gasteiger charge is -2.43. The molecule has 34 heavy (non-hydrogen) atoms. The molecule has 0 radical (unpaired) electrons. The molecule has 12 heteroatoms. The highest BCUT2D eigenvalue weighted by Gasteiger charge is 2.48. The first kappa shape index (κ1) is 33.9. The Morgan fingerprint density at radius 1 is 0.588 bits per heavy atom. The Morgan fingerprint density at radius 2 is 0.882 bits per heavy atom. The molecule has 3 fully saturated rings. The van der Waals surface area contributed by atoms with Gasteiger partial charge in [-0.2, -0.15) is 0 Å². The van der Waals surface area contributed by atoms with Crippen LogP contribution in [-0.4, -0.2) is 74.1 Å². The molecule has 0 atom stereocenters. The number of hydrogen-bond donors (Lipinski definition) is 2. The standard InChI is InChI=1S/C8H17BO2.C7H15BO2.C6H13BO2.CH5BO2/c1-7(2)6-8(3,4)11-9(5)10-7;1-6(2)7(3,4)10-8(5)9-6;1-6(2)4-8-7(3)9-5-6;1-2(3)4/h6H2,1-5H3;1-5H3;4-5H2,1-3H3;3-4H,1H3. The second-order valence-corrected chi connectivity index (χ2v) is 12.3. The molecule has 8 nitrogen and oxygen atoms in total. The normalized spacial score (nSPS) is 25.6. The summed E-state index contributed by atoms with van der Waals surface area (Å²) in [7, 11) is -1.31. The van der Waals surface area contributed by atoms with Gasteiger partial charge in [0.1, 0.15) is 0 Å². The van der Waals surface area contributed by atoms with Crippen molar-refractivity contribution in [2.45, 2.75) is 125 Å². The monoisotopic (exact) mass is 486 g/mol. The largest absolute Gasteiger partial charge is 0.454 e. The highest BCUT2D eigenvalue weighted by molar-refractivity contribution is 6.43. The average Bonchev–Trinajstić information content (AvgIpc) is 2.72. The summed E-state index contributed by atoms with van der Waals surface area (Å²) in [5, 5.41) is 15.2. The van der Waals surface area contributed by atoms with Crippen LogP contribution in [0, 0.1) is 5.41 Å². The fraction of sp³-hybridized carbons (Fsp3) is 1.00. The fourth-order valence-electron chi connectivity index (χ4n) is 3.94. The van der Waals surface area contributed by atoms with Crippen molar-refractivity contribution in [3.05, 3.63) is 0 Å². The molecule has 3 saturated heterocycles. The topological polar surface area (TPSA) is 95.8 Å². The van der Waals surface area contributed by atoms with Gasteiger partial charge < -0.3 is 38.0 Å². The minimum atomic E-state index is -1.17. The summed E-state index contributed by atoms with van der Waals surface area (Å²) in [6, 6.07) is 0. The molecular weight excluding hydrogens is 435 g/mol. The molecule has 0 aromatic rings. The van der Waals surface area contributed by atoms with E-state index in [9.17, 15) is 0 Å². The van der Waals surface area contributed by atoms with E-state index < -0.39 is 7.12 Å². The second-order valence-electron chi connectivity index (χ2n) is 12.3. The molecule has 0 spiro atoms. The summed E-state index contributed by atoms with van der Waals surface area (Å²) in [4.78, 5) is 0. The van der Waals surface area contributed by atoms with Gasteiger partial charge in [0.25, 0.3) is 0 Å². The first-order valence-corrected chi connectivity index (χ1v) is 12.3. The summed E-state index contributed by atoms with van der Waals surface area (Å²) < 4.78 is 32.8. The molecule has 0 saturated carbocycles. The van der Waals surface area contributed by atoms with Gasteiger partial charge in [0.15, 0.2) is 0 Å². The maximum Gasteiger partial charge on any atom is 0.454 e. The van der Waals surface area contributed by atoms with E-state index in [-0.39, 0.29) is 49.2 Å². The minimum absolute atomic E-state index is 0.00183. The van der Waals surface area contributed by atoms with Crippen molar-refractivity contribution >= 4 is 28.5 Å². The van der Waals surface area contributed by atoms with Gasteiger partial charge in [-0.3, -0.25) is 0 Å². The van der Waals surface area contributed by atoms with Crippen molar-refractivity contribution in [1.29, 1.82) is 0 Å². The summed E-state index contributed by atoms with van der Waals surface area (Å²) in [6.07, 6.45) is 0.949. The fourth-order valence-corrected chi connectivity index (χ4v) is 3.94. The van der Waals surface area contributed by atoms with Gasteiger partial charge in [-0.05, 0) is 82.7 Å². The van der Waals surface area contributed by atoms with Crippen LogP contribution < -0.4 is 0 Å². The lowest BCUT2D eigenvalue weighted by atomic mass is 9.81. The summed E-state index contributed by atoms with van der Waals surface area (Å²) in [6.45, 7) is 29.6. The predicted molar refractivity (Wildman–Crippen MR) is 142 cm³/mol. The van der Waals surface area contributed by atoms with E-state index >= 15 is 0 Å². The van der Waals surface area contributed by atoms with Gasteiger partial charge in [-0.25, -0.2) is 0 Å². The van der Waals surface area contributed by atoms with Gasteiger partial charge in [0, 0.05) is 25.0 Å². The van der Waals surface area contributed by atoms with Crippen LogP contribution in [0.1, 0.15) is 75.7 Å². The highest BCUT2D eigenvalue weighted by Crippen LogP contribution is 2.36. The van der Waals surface area contributed by atoms with Crippen LogP contribution in [0.25, 0.3) is 0 Å². The van der Waals surface area contributed by atoms with Gasteiger partial charge in [0.05, 0.1) is 22.4 Å². The molecule has 3 aliphatic rings. The third-order valence-corrected chi connectivity index (χ3v) is 5.61. The molecule has 0 bridgehead atoms. The first-order valence-electron chi connectivity index (χ1n) is 12.3. The Morgan fingerprint density at radius 3 is 1.09 bits per heavy atom. The van der Waals surface area contributed by atoms with E-state index in [1.54, 1.807) is 0 Å². The number of rotatable bonds is 0. The Kier molecular flexibility index (Phi) is 12.9.